The highest BCUT2D eigenvalue weighted by molar-refractivity contribution is 7.89. The second-order valence-electron chi connectivity index (χ2n) is 2.77. The van der Waals surface area contributed by atoms with Crippen LogP contribution in [0.5, 0.6) is 0 Å². The first-order valence-electron chi connectivity index (χ1n) is 3.95. The van der Waals surface area contributed by atoms with Gasteiger partial charge in [-0.05, 0) is 25.2 Å². The van der Waals surface area contributed by atoms with Crippen LogP contribution >= 0.6 is 0 Å². The van der Waals surface area contributed by atoms with Gasteiger partial charge in [-0.3, -0.25) is 0 Å². The molecular formula is C8H10N2O4S. The molecule has 6 nitrogen and oxygen atoms in total. The van der Waals surface area contributed by atoms with Crippen LogP contribution in [0.25, 0.3) is 0 Å². The van der Waals surface area contributed by atoms with Crippen LogP contribution in [-0.4, -0.2) is 26.5 Å². The van der Waals surface area contributed by atoms with E-state index in [0.717, 1.165) is 12.1 Å². The maximum Gasteiger partial charge on any atom is 0.337 e. The van der Waals surface area contributed by atoms with Gasteiger partial charge in [0.1, 0.15) is 0 Å². The van der Waals surface area contributed by atoms with Gasteiger partial charge in [-0.1, -0.05) is 0 Å². The molecule has 15 heavy (non-hydrogen) atoms. The number of nitrogens with two attached hydrogens (primary N) is 1. The van der Waals surface area contributed by atoms with Gasteiger partial charge in [0.2, 0.25) is 10.0 Å². The number of hydrogen-bond acceptors (Lipinski definition) is 4. The summed E-state index contributed by atoms with van der Waals surface area (Å²) in [6.07, 6.45) is 0. The number of anilines is 1. The molecule has 0 saturated carbocycles. The molecule has 4 N–H and O–H groups in total. The number of nitrogen functional groups attached to an aromatic ring is 1. The second-order valence-corrected chi connectivity index (χ2v) is 4.62. The number of carbonyl (C=O) groups is 1. The Bertz CT molecular complexity index is 495. The van der Waals surface area contributed by atoms with E-state index in [4.69, 9.17) is 10.8 Å². The van der Waals surface area contributed by atoms with Crippen molar-refractivity contribution in [3.8, 4) is 0 Å². The van der Waals surface area contributed by atoms with Crippen molar-refractivity contribution < 1.29 is 18.3 Å². The van der Waals surface area contributed by atoms with E-state index in [1.165, 1.54) is 13.1 Å². The van der Waals surface area contributed by atoms with Gasteiger partial charge < -0.3 is 10.8 Å². The van der Waals surface area contributed by atoms with Gasteiger partial charge in [0.25, 0.3) is 0 Å². The predicted molar refractivity (Wildman–Crippen MR) is 54.1 cm³/mol. The van der Waals surface area contributed by atoms with Crippen molar-refractivity contribution in [2.45, 2.75) is 4.90 Å². The second kappa shape index (κ2) is 3.87. The van der Waals surface area contributed by atoms with E-state index in [1.54, 1.807) is 0 Å². The Morgan fingerprint density at radius 2 is 2.07 bits per heavy atom. The van der Waals surface area contributed by atoms with Gasteiger partial charge >= 0.3 is 5.97 Å². The molecule has 0 saturated heterocycles. The molecule has 0 amide bonds. The summed E-state index contributed by atoms with van der Waals surface area (Å²) in [5.41, 5.74) is 5.28. The Balaban J connectivity index is 3.51. The van der Waals surface area contributed by atoms with E-state index in [1.807, 2.05) is 4.72 Å². The van der Waals surface area contributed by atoms with Gasteiger partial charge in [-0.15, -0.1) is 0 Å². The van der Waals surface area contributed by atoms with Crippen molar-refractivity contribution in [2.24, 2.45) is 0 Å². The van der Waals surface area contributed by atoms with Crippen molar-refractivity contribution in [1.82, 2.24) is 4.72 Å². The summed E-state index contributed by atoms with van der Waals surface area (Å²) in [5, 5.41) is 8.78. The zero-order valence-corrected chi connectivity index (χ0v) is 8.71. The third kappa shape index (κ3) is 2.25. The zero-order chi connectivity index (χ0) is 11.6. The highest BCUT2D eigenvalue weighted by Crippen LogP contribution is 2.18. The van der Waals surface area contributed by atoms with Crippen molar-refractivity contribution in [1.29, 1.82) is 0 Å². The van der Waals surface area contributed by atoms with E-state index in [0.29, 0.717) is 0 Å². The summed E-state index contributed by atoms with van der Waals surface area (Å²) >= 11 is 0. The van der Waals surface area contributed by atoms with Gasteiger partial charge in [0, 0.05) is 5.69 Å². The molecule has 0 aliphatic rings. The summed E-state index contributed by atoms with van der Waals surface area (Å²) in [4.78, 5) is 10.4. The number of hydrogen-bond donors (Lipinski definition) is 3. The first-order valence-corrected chi connectivity index (χ1v) is 5.43. The number of carboxylic acid groups (broad SMARTS) is 1. The largest absolute Gasteiger partial charge is 0.478 e. The SMILES string of the molecule is CNS(=O)(=O)c1cc(N)ccc1C(=O)O. The Morgan fingerprint density at radius 3 is 2.53 bits per heavy atom. The monoisotopic (exact) mass is 230 g/mol. The quantitative estimate of drug-likeness (QED) is 0.627. The lowest BCUT2D eigenvalue weighted by atomic mass is 10.2. The molecule has 0 unspecified atom stereocenters. The van der Waals surface area contributed by atoms with E-state index in [9.17, 15) is 13.2 Å². The summed E-state index contributed by atoms with van der Waals surface area (Å²) in [6.45, 7) is 0. The van der Waals surface area contributed by atoms with Crippen LogP contribution in [0.1, 0.15) is 10.4 Å². The molecule has 1 aromatic rings. The van der Waals surface area contributed by atoms with Gasteiger partial charge in [-0.2, -0.15) is 0 Å². The van der Waals surface area contributed by atoms with Gasteiger partial charge in [-0.25, -0.2) is 17.9 Å². The Hall–Kier alpha value is -1.60. The lowest BCUT2D eigenvalue weighted by molar-refractivity contribution is 0.0692. The van der Waals surface area contributed by atoms with Crippen LogP contribution in [0.2, 0.25) is 0 Å². The summed E-state index contributed by atoms with van der Waals surface area (Å²) in [7, 11) is -2.61. The molecule has 0 aliphatic carbocycles. The minimum absolute atomic E-state index is 0.189. The molecule has 0 fully saturated rings. The average molecular weight is 230 g/mol. The molecule has 0 heterocycles. The smallest absolute Gasteiger partial charge is 0.337 e. The maximum absolute atomic E-state index is 11.4. The first-order chi connectivity index (χ1) is 6.88. The minimum Gasteiger partial charge on any atom is -0.478 e. The lowest BCUT2D eigenvalue weighted by Gasteiger charge is -2.06. The normalized spacial score (nSPS) is 11.3. The van der Waals surface area contributed by atoms with Crippen LogP contribution < -0.4 is 10.5 Å². The van der Waals surface area contributed by atoms with Crippen LogP contribution in [0.15, 0.2) is 23.1 Å². The number of carboxylic acids is 1. The number of aromatic carboxylic acids is 1. The maximum atomic E-state index is 11.4. The molecule has 0 aliphatic heterocycles. The molecule has 1 rings (SSSR count). The minimum atomic E-state index is -3.81. The Kier molecular flexibility index (Phi) is 2.96. The van der Waals surface area contributed by atoms with E-state index >= 15 is 0 Å². The lowest BCUT2D eigenvalue weighted by Crippen LogP contribution is -2.21. The van der Waals surface area contributed by atoms with Crippen molar-refractivity contribution in [2.75, 3.05) is 12.8 Å². The number of sulfonamides is 1. The third-order valence-corrected chi connectivity index (χ3v) is 3.25. The van der Waals surface area contributed by atoms with Crippen LogP contribution in [-0.2, 0) is 10.0 Å². The molecule has 0 bridgehead atoms. The fraction of sp³-hybridized carbons (Fsp3) is 0.125. The Labute approximate surface area is 86.8 Å². The zero-order valence-electron chi connectivity index (χ0n) is 7.89. The molecule has 0 aromatic heterocycles. The fourth-order valence-electron chi connectivity index (χ4n) is 1.05. The number of benzene rings is 1. The van der Waals surface area contributed by atoms with Gasteiger partial charge in [0.05, 0.1) is 10.5 Å². The van der Waals surface area contributed by atoms with E-state index < -0.39 is 16.0 Å². The van der Waals surface area contributed by atoms with Crippen LogP contribution in [0, 0.1) is 0 Å². The number of nitrogens with one attached hydrogen (secondary N) is 1. The fourth-order valence-corrected chi connectivity index (χ4v) is 2.00. The molecule has 1 aromatic carbocycles. The molecule has 0 radical (unpaired) electrons. The average Bonchev–Trinajstić information content (AvgIpc) is 2.17. The van der Waals surface area contributed by atoms with E-state index in [2.05, 4.69) is 0 Å². The number of rotatable bonds is 3. The summed E-state index contributed by atoms with van der Waals surface area (Å²) in [6, 6.07) is 3.59. The molecule has 0 spiro atoms. The molecule has 82 valence electrons. The standard InChI is InChI=1S/C8H10N2O4S/c1-10-15(13,14)7-4-5(9)2-3-6(7)8(11)12/h2-4,10H,9H2,1H3,(H,11,12). The van der Waals surface area contributed by atoms with Crippen molar-refractivity contribution in [3.05, 3.63) is 23.8 Å². The predicted octanol–water partition coefficient (Wildman–Crippen LogP) is -0.125. The molecule has 0 atom stereocenters. The topological polar surface area (TPSA) is 109 Å². The van der Waals surface area contributed by atoms with Gasteiger partial charge in [0.15, 0.2) is 0 Å². The first kappa shape index (κ1) is 11.5. The summed E-state index contributed by atoms with van der Waals surface area (Å²) < 4.78 is 24.9. The van der Waals surface area contributed by atoms with Crippen molar-refractivity contribution in [3.63, 3.8) is 0 Å². The van der Waals surface area contributed by atoms with E-state index in [-0.39, 0.29) is 16.1 Å². The van der Waals surface area contributed by atoms with Crippen LogP contribution in [0.3, 0.4) is 0 Å². The molecule has 7 heteroatoms. The highest BCUT2D eigenvalue weighted by Gasteiger charge is 2.20. The van der Waals surface area contributed by atoms with Crippen molar-refractivity contribution >= 4 is 21.7 Å². The highest BCUT2D eigenvalue weighted by atomic mass is 32.2. The summed E-state index contributed by atoms with van der Waals surface area (Å²) in [5.74, 6) is -1.32. The Morgan fingerprint density at radius 1 is 1.47 bits per heavy atom. The third-order valence-electron chi connectivity index (χ3n) is 1.79. The molecular weight excluding hydrogens is 220 g/mol. The van der Waals surface area contributed by atoms with Crippen LogP contribution in [0.4, 0.5) is 5.69 Å².